The number of fused-ring (bicyclic) bond motifs is 1. The van der Waals surface area contributed by atoms with Gasteiger partial charge in [-0.25, -0.2) is 12.4 Å². The van der Waals surface area contributed by atoms with Crippen molar-refractivity contribution in [3.8, 4) is 0 Å². The van der Waals surface area contributed by atoms with Crippen LogP contribution in [0.3, 0.4) is 0 Å². The number of aromatic nitrogens is 1. The van der Waals surface area contributed by atoms with Gasteiger partial charge in [-0.1, -0.05) is 35.9 Å². The molecule has 0 bridgehead atoms. The van der Waals surface area contributed by atoms with Crippen molar-refractivity contribution in [1.82, 2.24) is 3.97 Å². The predicted octanol–water partition coefficient (Wildman–Crippen LogP) is 4.16. The monoisotopic (exact) mass is 407 g/mol. The zero-order valence-electron chi connectivity index (χ0n) is 16.2. The Hall–Kier alpha value is -2.96. The molecule has 0 unspecified atom stereocenters. The van der Waals surface area contributed by atoms with Gasteiger partial charge >= 0.3 is 0 Å². The van der Waals surface area contributed by atoms with Crippen molar-refractivity contribution in [3.63, 3.8) is 0 Å². The van der Waals surface area contributed by atoms with E-state index in [2.05, 4.69) is 0 Å². The molecule has 1 heterocycles. The van der Waals surface area contributed by atoms with Crippen LogP contribution in [0.5, 0.6) is 0 Å². The molecule has 0 saturated heterocycles. The third-order valence-electron chi connectivity index (χ3n) is 4.99. The molecule has 0 spiro atoms. The molecule has 1 aliphatic rings. The van der Waals surface area contributed by atoms with Crippen LogP contribution in [-0.2, 0) is 26.2 Å². The number of ketones is 1. The number of ether oxygens (including phenoxy) is 1. The van der Waals surface area contributed by atoms with E-state index in [1.54, 1.807) is 42.5 Å². The number of allylic oxidation sites excluding steroid dienone is 2. The lowest BCUT2D eigenvalue weighted by molar-refractivity contribution is -0.110. The number of para-hydroxylation sites is 1. The molecule has 0 radical (unpaired) electrons. The fourth-order valence-electron chi connectivity index (χ4n) is 3.32. The van der Waals surface area contributed by atoms with E-state index in [1.165, 1.54) is 16.1 Å². The van der Waals surface area contributed by atoms with E-state index in [9.17, 15) is 13.2 Å². The molecule has 4 rings (SSSR count). The number of carbonyl (C=O) groups excluding carboxylic acids is 1. The maximum atomic E-state index is 13.4. The Morgan fingerprint density at radius 2 is 1.66 bits per heavy atom. The molecule has 29 heavy (non-hydrogen) atoms. The number of hydrogen-bond donors (Lipinski definition) is 0. The van der Waals surface area contributed by atoms with E-state index in [0.717, 1.165) is 10.9 Å². The molecule has 0 amide bonds. The quantitative estimate of drug-likeness (QED) is 0.637. The average Bonchev–Trinajstić information content (AvgIpc) is 3.09. The van der Waals surface area contributed by atoms with Crippen molar-refractivity contribution in [3.05, 3.63) is 90.2 Å². The summed E-state index contributed by atoms with van der Waals surface area (Å²) < 4.78 is 34.3. The topological polar surface area (TPSA) is 65.4 Å². The van der Waals surface area contributed by atoms with Crippen LogP contribution in [-0.4, -0.2) is 23.8 Å². The molecular weight excluding hydrogens is 386 g/mol. The van der Waals surface area contributed by atoms with Crippen LogP contribution in [0.4, 0.5) is 0 Å². The Balaban J connectivity index is 1.77. The van der Waals surface area contributed by atoms with Crippen molar-refractivity contribution in [2.75, 3.05) is 0 Å². The summed E-state index contributed by atoms with van der Waals surface area (Å²) in [4.78, 5) is 11.6. The van der Waals surface area contributed by atoms with Crippen LogP contribution < -0.4 is 0 Å². The van der Waals surface area contributed by atoms with Crippen LogP contribution >= 0.6 is 0 Å². The van der Waals surface area contributed by atoms with Gasteiger partial charge in [0.15, 0.2) is 5.78 Å². The van der Waals surface area contributed by atoms with Crippen molar-refractivity contribution in [2.24, 2.45) is 0 Å². The molecule has 3 aromatic rings. The molecule has 2 aromatic carbocycles. The molecule has 0 saturated carbocycles. The summed E-state index contributed by atoms with van der Waals surface area (Å²) in [6, 6.07) is 16.0. The van der Waals surface area contributed by atoms with Gasteiger partial charge in [-0.05, 0) is 62.4 Å². The number of carbonyl (C=O) groups is 1. The summed E-state index contributed by atoms with van der Waals surface area (Å²) in [5.74, 6) is -0.0952. The summed E-state index contributed by atoms with van der Waals surface area (Å²) >= 11 is 0. The normalized spacial score (nSPS) is 15.9. The fraction of sp³-hybridized carbons (Fsp3) is 0.174. The Labute approximate surface area is 170 Å². The molecule has 0 N–H and O–H groups in total. The van der Waals surface area contributed by atoms with E-state index in [1.807, 2.05) is 38.1 Å². The lowest BCUT2D eigenvalue weighted by atomic mass is 10.00. The van der Waals surface area contributed by atoms with Crippen molar-refractivity contribution < 1.29 is 17.9 Å². The Morgan fingerprint density at radius 1 is 1.00 bits per heavy atom. The predicted molar refractivity (Wildman–Crippen MR) is 112 cm³/mol. The number of aryl methyl sites for hydroxylation is 1. The Kier molecular flexibility index (Phi) is 4.76. The summed E-state index contributed by atoms with van der Waals surface area (Å²) in [5.41, 5.74) is 1.33. The van der Waals surface area contributed by atoms with Crippen molar-refractivity contribution in [2.45, 2.75) is 31.0 Å². The van der Waals surface area contributed by atoms with Gasteiger partial charge in [0.1, 0.15) is 5.60 Å². The second-order valence-electron chi connectivity index (χ2n) is 7.32. The van der Waals surface area contributed by atoms with Gasteiger partial charge in [0.25, 0.3) is 10.0 Å². The number of benzene rings is 2. The molecule has 0 fully saturated rings. The zero-order chi connectivity index (χ0) is 20.6. The van der Waals surface area contributed by atoms with E-state index >= 15 is 0 Å². The van der Waals surface area contributed by atoms with Crippen molar-refractivity contribution in [1.29, 1.82) is 0 Å². The van der Waals surface area contributed by atoms with Gasteiger partial charge in [0.05, 0.1) is 22.7 Å². The highest BCUT2D eigenvalue weighted by atomic mass is 32.2. The zero-order valence-corrected chi connectivity index (χ0v) is 17.0. The first-order chi connectivity index (χ1) is 13.8. The minimum absolute atomic E-state index is 0.0686. The summed E-state index contributed by atoms with van der Waals surface area (Å²) in [6.07, 6.45) is 6.27. The third kappa shape index (κ3) is 3.69. The largest absolute Gasteiger partial charge is 0.361 e. The smallest absolute Gasteiger partial charge is 0.268 e. The molecule has 0 aliphatic heterocycles. The average molecular weight is 407 g/mol. The summed E-state index contributed by atoms with van der Waals surface area (Å²) in [7, 11) is -3.80. The van der Waals surface area contributed by atoms with E-state index in [4.69, 9.17) is 4.74 Å². The first kappa shape index (κ1) is 19.4. The van der Waals surface area contributed by atoms with E-state index in [-0.39, 0.29) is 17.3 Å². The lowest BCUT2D eigenvalue weighted by Gasteiger charge is -2.25. The van der Waals surface area contributed by atoms with Gasteiger partial charge in [0, 0.05) is 5.39 Å². The maximum absolute atomic E-state index is 13.4. The lowest BCUT2D eigenvalue weighted by Crippen LogP contribution is -2.27. The van der Waals surface area contributed by atoms with E-state index in [0.29, 0.717) is 11.2 Å². The molecule has 6 heteroatoms. The summed E-state index contributed by atoms with van der Waals surface area (Å²) in [5, 5.41) is 0.817. The highest BCUT2D eigenvalue weighted by molar-refractivity contribution is 7.90. The van der Waals surface area contributed by atoms with Crippen LogP contribution in [0.1, 0.15) is 18.2 Å². The van der Waals surface area contributed by atoms with Crippen LogP contribution in [0.2, 0.25) is 0 Å². The number of hydrogen-bond acceptors (Lipinski definition) is 4. The summed E-state index contributed by atoms with van der Waals surface area (Å²) in [6.45, 7) is 3.81. The van der Waals surface area contributed by atoms with Gasteiger partial charge in [0.2, 0.25) is 0 Å². The number of nitrogens with zero attached hydrogens (tertiary/aromatic N) is 1. The first-order valence-electron chi connectivity index (χ1n) is 9.27. The van der Waals surface area contributed by atoms with E-state index < -0.39 is 15.6 Å². The SMILES string of the molecule is Cc1ccc(S(=O)(=O)n2c(COC3(C)C=CC(=O)C=C3)cc3ccccc32)cc1. The van der Waals surface area contributed by atoms with Crippen LogP contribution in [0.15, 0.2) is 83.8 Å². The van der Waals surface area contributed by atoms with Gasteiger partial charge < -0.3 is 4.74 Å². The first-order valence-corrected chi connectivity index (χ1v) is 10.7. The Bertz CT molecular complexity index is 1230. The third-order valence-corrected chi connectivity index (χ3v) is 6.77. The molecule has 1 aliphatic carbocycles. The number of rotatable bonds is 5. The fourth-order valence-corrected chi connectivity index (χ4v) is 4.85. The highest BCUT2D eigenvalue weighted by Crippen LogP contribution is 2.28. The highest BCUT2D eigenvalue weighted by Gasteiger charge is 2.26. The van der Waals surface area contributed by atoms with Gasteiger partial charge in [-0.3, -0.25) is 4.79 Å². The standard InChI is InChI=1S/C23H21NO4S/c1-17-7-9-21(10-8-17)29(26,27)24-19(15-18-5-3-4-6-22(18)24)16-28-23(2)13-11-20(25)12-14-23/h3-15H,16H2,1-2H3. The Morgan fingerprint density at radius 3 is 2.34 bits per heavy atom. The molecular formula is C23H21NO4S. The minimum Gasteiger partial charge on any atom is -0.361 e. The molecule has 0 atom stereocenters. The van der Waals surface area contributed by atoms with Crippen molar-refractivity contribution >= 4 is 26.7 Å². The van der Waals surface area contributed by atoms with Gasteiger partial charge in [-0.2, -0.15) is 0 Å². The second-order valence-corrected chi connectivity index (χ2v) is 9.11. The van der Waals surface area contributed by atoms with Crippen LogP contribution in [0.25, 0.3) is 10.9 Å². The van der Waals surface area contributed by atoms with Gasteiger partial charge in [-0.15, -0.1) is 0 Å². The second kappa shape index (κ2) is 7.13. The molecule has 5 nitrogen and oxygen atoms in total. The molecule has 1 aromatic heterocycles. The van der Waals surface area contributed by atoms with Crippen LogP contribution in [0, 0.1) is 6.92 Å². The molecule has 148 valence electrons. The minimum atomic E-state index is -3.80. The maximum Gasteiger partial charge on any atom is 0.268 e.